The lowest BCUT2D eigenvalue weighted by Gasteiger charge is -2.10. The molecule has 148 valence electrons. The highest BCUT2D eigenvalue weighted by Gasteiger charge is 2.07. The van der Waals surface area contributed by atoms with Crippen LogP contribution in [-0.2, 0) is 11.2 Å². The summed E-state index contributed by atoms with van der Waals surface area (Å²) in [7, 11) is 0. The maximum atomic E-state index is 12.2. The lowest BCUT2D eigenvalue weighted by molar-refractivity contribution is -0.123. The van der Waals surface area contributed by atoms with Crippen molar-refractivity contribution in [3.05, 3.63) is 95.0 Å². The number of hydrogen-bond donors (Lipinski definition) is 2. The van der Waals surface area contributed by atoms with Crippen LogP contribution in [0.2, 0.25) is 5.02 Å². The van der Waals surface area contributed by atoms with Crippen LogP contribution in [0.5, 0.6) is 5.75 Å². The Bertz CT molecular complexity index is 959. The third-order valence-corrected chi connectivity index (χ3v) is 4.40. The summed E-state index contributed by atoms with van der Waals surface area (Å²) in [5.41, 5.74) is 2.26. The Morgan fingerprint density at radius 1 is 0.897 bits per heavy atom. The molecule has 3 aromatic carbocycles. The summed E-state index contributed by atoms with van der Waals surface area (Å²) in [5.74, 6) is 0.0871. The van der Waals surface area contributed by atoms with Gasteiger partial charge in [0, 0.05) is 28.9 Å². The van der Waals surface area contributed by atoms with Crippen molar-refractivity contribution < 1.29 is 14.3 Å². The summed E-state index contributed by atoms with van der Waals surface area (Å²) in [6.07, 6.45) is 0.712. The van der Waals surface area contributed by atoms with E-state index in [4.69, 9.17) is 16.3 Å². The van der Waals surface area contributed by atoms with Crippen molar-refractivity contribution in [3.8, 4) is 5.75 Å². The number of benzene rings is 3. The molecule has 2 N–H and O–H groups in total. The van der Waals surface area contributed by atoms with Gasteiger partial charge in [0.05, 0.1) is 0 Å². The van der Waals surface area contributed by atoms with Crippen molar-refractivity contribution in [2.24, 2.45) is 0 Å². The lowest BCUT2D eigenvalue weighted by Crippen LogP contribution is -2.30. The van der Waals surface area contributed by atoms with Crippen molar-refractivity contribution >= 4 is 29.1 Å². The van der Waals surface area contributed by atoms with E-state index in [1.54, 1.807) is 48.5 Å². The summed E-state index contributed by atoms with van der Waals surface area (Å²) in [4.78, 5) is 24.2. The van der Waals surface area contributed by atoms with Crippen LogP contribution in [0.3, 0.4) is 0 Å². The molecule has 0 atom stereocenters. The van der Waals surface area contributed by atoms with Gasteiger partial charge < -0.3 is 15.4 Å². The molecule has 0 heterocycles. The standard InChI is InChI=1S/C23H21ClN2O3/c24-19-11-9-17(10-12-19)13-14-25-22(27)16-29-21-8-4-7-20(15-21)26-23(28)18-5-2-1-3-6-18/h1-12,15H,13-14,16H2,(H,25,27)(H,26,28). The molecule has 0 saturated heterocycles. The number of halogens is 1. The second-order valence-corrected chi connectivity index (χ2v) is 6.80. The first-order valence-corrected chi connectivity index (χ1v) is 9.58. The summed E-state index contributed by atoms with van der Waals surface area (Å²) >= 11 is 5.86. The molecule has 0 aliphatic heterocycles. The number of carbonyl (C=O) groups is 2. The SMILES string of the molecule is O=C(COc1cccc(NC(=O)c2ccccc2)c1)NCCc1ccc(Cl)cc1. The second-order valence-electron chi connectivity index (χ2n) is 6.36. The first-order valence-electron chi connectivity index (χ1n) is 9.20. The van der Waals surface area contributed by atoms with Crippen molar-refractivity contribution in [3.63, 3.8) is 0 Å². The number of amides is 2. The third kappa shape index (κ3) is 6.66. The van der Waals surface area contributed by atoms with Gasteiger partial charge in [-0.25, -0.2) is 0 Å². The monoisotopic (exact) mass is 408 g/mol. The van der Waals surface area contributed by atoms with E-state index in [-0.39, 0.29) is 18.4 Å². The topological polar surface area (TPSA) is 67.4 Å². The summed E-state index contributed by atoms with van der Waals surface area (Å²) < 4.78 is 5.53. The summed E-state index contributed by atoms with van der Waals surface area (Å²) in [6, 6.07) is 23.4. The zero-order valence-electron chi connectivity index (χ0n) is 15.7. The molecule has 0 bridgehead atoms. The van der Waals surface area contributed by atoms with E-state index in [9.17, 15) is 9.59 Å². The van der Waals surface area contributed by atoms with Crippen LogP contribution in [-0.4, -0.2) is 25.0 Å². The zero-order chi connectivity index (χ0) is 20.5. The van der Waals surface area contributed by atoms with Crippen LogP contribution in [0.25, 0.3) is 0 Å². The molecule has 2 amide bonds. The lowest BCUT2D eigenvalue weighted by atomic mass is 10.1. The highest BCUT2D eigenvalue weighted by molar-refractivity contribution is 6.30. The molecule has 0 spiro atoms. The molecule has 3 aromatic rings. The summed E-state index contributed by atoms with van der Waals surface area (Å²) in [6.45, 7) is 0.410. The average molecular weight is 409 g/mol. The van der Waals surface area contributed by atoms with Gasteiger partial charge >= 0.3 is 0 Å². The highest BCUT2D eigenvalue weighted by Crippen LogP contribution is 2.18. The molecule has 0 radical (unpaired) electrons. The molecule has 0 saturated carbocycles. The smallest absolute Gasteiger partial charge is 0.257 e. The van der Waals surface area contributed by atoms with Gasteiger partial charge in [0.2, 0.25) is 0 Å². The normalized spacial score (nSPS) is 10.2. The minimum Gasteiger partial charge on any atom is -0.484 e. The quantitative estimate of drug-likeness (QED) is 0.583. The van der Waals surface area contributed by atoms with E-state index in [0.717, 1.165) is 5.56 Å². The number of anilines is 1. The van der Waals surface area contributed by atoms with Gasteiger partial charge in [-0.2, -0.15) is 0 Å². The van der Waals surface area contributed by atoms with Gasteiger partial charge in [-0.15, -0.1) is 0 Å². The Morgan fingerprint density at radius 2 is 1.66 bits per heavy atom. The molecule has 29 heavy (non-hydrogen) atoms. The van der Waals surface area contributed by atoms with Crippen LogP contribution in [0.4, 0.5) is 5.69 Å². The Kier molecular flexibility index (Phi) is 7.25. The zero-order valence-corrected chi connectivity index (χ0v) is 16.5. The van der Waals surface area contributed by atoms with E-state index in [2.05, 4.69) is 10.6 Å². The molecular formula is C23H21ClN2O3. The third-order valence-electron chi connectivity index (χ3n) is 4.15. The Labute approximate surface area is 174 Å². The fourth-order valence-electron chi connectivity index (χ4n) is 2.65. The fourth-order valence-corrected chi connectivity index (χ4v) is 2.78. The first kappa shape index (κ1) is 20.4. The summed E-state index contributed by atoms with van der Waals surface area (Å²) in [5, 5.41) is 6.32. The number of ether oxygens (including phenoxy) is 1. The van der Waals surface area contributed by atoms with Gasteiger partial charge in [0.25, 0.3) is 11.8 Å². The van der Waals surface area contributed by atoms with Crippen LogP contribution in [0.15, 0.2) is 78.9 Å². The van der Waals surface area contributed by atoms with Crippen molar-refractivity contribution in [2.75, 3.05) is 18.5 Å². The van der Waals surface area contributed by atoms with Crippen LogP contribution >= 0.6 is 11.6 Å². The molecule has 0 aromatic heterocycles. The predicted molar refractivity (Wildman–Crippen MR) is 114 cm³/mol. The van der Waals surface area contributed by atoms with Gasteiger partial charge in [0.15, 0.2) is 6.61 Å². The minimum atomic E-state index is -0.210. The van der Waals surface area contributed by atoms with E-state index < -0.39 is 0 Å². The highest BCUT2D eigenvalue weighted by atomic mass is 35.5. The maximum absolute atomic E-state index is 12.2. The predicted octanol–water partition coefficient (Wildman–Crippen LogP) is 4.33. The molecule has 0 unspecified atom stereocenters. The minimum absolute atomic E-state index is 0.100. The van der Waals surface area contributed by atoms with E-state index in [0.29, 0.717) is 35.0 Å². The van der Waals surface area contributed by atoms with Crippen LogP contribution in [0.1, 0.15) is 15.9 Å². The van der Waals surface area contributed by atoms with Crippen molar-refractivity contribution in [1.29, 1.82) is 0 Å². The van der Waals surface area contributed by atoms with E-state index >= 15 is 0 Å². The Morgan fingerprint density at radius 3 is 2.41 bits per heavy atom. The number of rotatable bonds is 8. The van der Waals surface area contributed by atoms with E-state index in [1.807, 2.05) is 30.3 Å². The van der Waals surface area contributed by atoms with Crippen molar-refractivity contribution in [1.82, 2.24) is 5.32 Å². The molecular weight excluding hydrogens is 388 g/mol. The Hall–Kier alpha value is -3.31. The number of hydrogen-bond acceptors (Lipinski definition) is 3. The Balaban J connectivity index is 1.44. The van der Waals surface area contributed by atoms with Gasteiger partial charge in [-0.05, 0) is 48.4 Å². The maximum Gasteiger partial charge on any atom is 0.257 e. The van der Waals surface area contributed by atoms with Crippen molar-refractivity contribution in [2.45, 2.75) is 6.42 Å². The number of nitrogens with one attached hydrogen (secondary N) is 2. The average Bonchev–Trinajstić information content (AvgIpc) is 2.74. The first-order chi connectivity index (χ1) is 14.1. The largest absolute Gasteiger partial charge is 0.484 e. The number of carbonyl (C=O) groups excluding carboxylic acids is 2. The molecule has 3 rings (SSSR count). The van der Waals surface area contributed by atoms with Gasteiger partial charge in [-0.1, -0.05) is 48.0 Å². The van der Waals surface area contributed by atoms with Gasteiger partial charge in [0.1, 0.15) is 5.75 Å². The van der Waals surface area contributed by atoms with E-state index in [1.165, 1.54) is 0 Å². The molecule has 5 nitrogen and oxygen atoms in total. The molecule has 0 fully saturated rings. The molecule has 6 heteroatoms. The van der Waals surface area contributed by atoms with Crippen LogP contribution in [0, 0.1) is 0 Å². The van der Waals surface area contributed by atoms with Crippen LogP contribution < -0.4 is 15.4 Å². The van der Waals surface area contributed by atoms with Gasteiger partial charge in [-0.3, -0.25) is 9.59 Å². The fraction of sp³-hybridized carbons (Fsp3) is 0.130. The molecule has 0 aliphatic carbocycles. The molecule has 0 aliphatic rings. The second kappa shape index (κ2) is 10.3.